The molecule has 1 atom stereocenters. The average molecular weight is 453 g/mol. The number of carbonyl (C=O) groups excluding carboxylic acids is 1. The van der Waals surface area contributed by atoms with E-state index in [9.17, 15) is 18.0 Å². The van der Waals surface area contributed by atoms with Crippen molar-refractivity contribution in [2.45, 2.75) is 69.4 Å². The first kappa shape index (κ1) is 18.4. The van der Waals surface area contributed by atoms with Crippen LogP contribution in [0, 0.1) is 0 Å². The van der Waals surface area contributed by atoms with E-state index in [2.05, 4.69) is 0 Å². The Morgan fingerprint density at radius 3 is 2.23 bits per heavy atom. The van der Waals surface area contributed by atoms with Crippen molar-refractivity contribution in [2.75, 3.05) is 6.54 Å². The molecule has 1 amide bonds. The normalized spacial score (nSPS) is 27.9. The van der Waals surface area contributed by atoms with Crippen LogP contribution >= 0.6 is 30.4 Å². The lowest BCUT2D eigenvalue weighted by Gasteiger charge is -2.46. The van der Waals surface area contributed by atoms with Gasteiger partial charge in [0.05, 0.1) is 9.21 Å². The zero-order chi connectivity index (χ0) is 16.8. The third-order valence-electron chi connectivity index (χ3n) is 4.08. The van der Waals surface area contributed by atoms with Gasteiger partial charge in [0.2, 0.25) is 0 Å². The van der Waals surface area contributed by atoms with Crippen molar-refractivity contribution in [3.8, 4) is 0 Å². The standard InChI is InChI=1S/C13H19F3INO3S/c1-10(2,3)20-9(19)18-7-6-12(21-22-17,13(14,15)16)8-11(18)4-5-11/h4-8H2,1-3H3. The lowest BCUT2D eigenvalue weighted by Crippen LogP contribution is -2.60. The molecule has 0 N–H and O–H groups in total. The van der Waals surface area contributed by atoms with Crippen molar-refractivity contribution in [2.24, 2.45) is 0 Å². The van der Waals surface area contributed by atoms with Crippen LogP contribution in [-0.2, 0) is 8.92 Å². The minimum absolute atomic E-state index is 0.00831. The van der Waals surface area contributed by atoms with Crippen molar-refractivity contribution >= 4 is 36.5 Å². The number of alkyl halides is 3. The smallest absolute Gasteiger partial charge is 0.418 e. The number of nitrogens with zero attached hydrogens (tertiary/aromatic N) is 1. The first-order chi connectivity index (χ1) is 9.95. The summed E-state index contributed by atoms with van der Waals surface area (Å²) in [5, 5.41) is 0. The summed E-state index contributed by atoms with van der Waals surface area (Å²) in [6, 6.07) is 0. The summed E-state index contributed by atoms with van der Waals surface area (Å²) in [4.78, 5) is 13.7. The quantitative estimate of drug-likeness (QED) is 0.442. The van der Waals surface area contributed by atoms with Gasteiger partial charge in [0.1, 0.15) is 5.60 Å². The molecule has 0 aromatic carbocycles. The number of likely N-dealkylation sites (tertiary alicyclic amines) is 1. The zero-order valence-electron chi connectivity index (χ0n) is 12.6. The minimum Gasteiger partial charge on any atom is -0.444 e. The molecule has 9 heteroatoms. The first-order valence-electron chi connectivity index (χ1n) is 6.99. The molecule has 2 fully saturated rings. The van der Waals surface area contributed by atoms with Gasteiger partial charge in [0.25, 0.3) is 0 Å². The van der Waals surface area contributed by atoms with Crippen LogP contribution in [0.1, 0.15) is 46.5 Å². The third-order valence-corrected chi connectivity index (χ3v) is 5.00. The second-order valence-electron chi connectivity index (χ2n) is 6.92. The fourth-order valence-electron chi connectivity index (χ4n) is 2.86. The average Bonchev–Trinajstić information content (AvgIpc) is 3.05. The maximum atomic E-state index is 13.5. The topological polar surface area (TPSA) is 38.8 Å². The van der Waals surface area contributed by atoms with Crippen molar-refractivity contribution in [1.82, 2.24) is 4.90 Å². The Labute approximate surface area is 144 Å². The summed E-state index contributed by atoms with van der Waals surface area (Å²) in [6.07, 6.45) is -4.38. The Bertz CT molecular complexity index is 451. The highest BCUT2D eigenvalue weighted by atomic mass is 127. The van der Waals surface area contributed by atoms with Crippen LogP contribution in [0.3, 0.4) is 0 Å². The number of hydrogen-bond donors (Lipinski definition) is 0. The highest BCUT2D eigenvalue weighted by molar-refractivity contribution is 14.2. The minimum atomic E-state index is -4.46. The van der Waals surface area contributed by atoms with Gasteiger partial charge in [-0.2, -0.15) is 13.2 Å². The van der Waals surface area contributed by atoms with Gasteiger partial charge in [-0.25, -0.2) is 4.79 Å². The number of halogens is 4. The van der Waals surface area contributed by atoms with Crippen molar-refractivity contribution in [3.05, 3.63) is 0 Å². The zero-order valence-corrected chi connectivity index (χ0v) is 15.6. The SMILES string of the molecule is CC(C)(C)OC(=O)N1CCC(OSI)(C(F)(F)F)CC12CC2. The molecule has 1 saturated heterocycles. The molecule has 1 aliphatic heterocycles. The van der Waals surface area contributed by atoms with Gasteiger partial charge in [-0.15, -0.1) is 0 Å². The molecular weight excluding hydrogens is 434 g/mol. The maximum Gasteiger partial charge on any atom is 0.418 e. The fourth-order valence-corrected chi connectivity index (χ4v) is 4.25. The van der Waals surface area contributed by atoms with Crippen LogP contribution in [-0.4, -0.2) is 40.5 Å². The molecule has 1 saturated carbocycles. The van der Waals surface area contributed by atoms with Crippen LogP contribution in [0.25, 0.3) is 0 Å². The maximum absolute atomic E-state index is 13.5. The second kappa shape index (κ2) is 5.87. The van der Waals surface area contributed by atoms with Gasteiger partial charge in [-0.05, 0) is 33.6 Å². The lowest BCUT2D eigenvalue weighted by atomic mass is 9.84. The van der Waals surface area contributed by atoms with Crippen LogP contribution in [0.5, 0.6) is 0 Å². The van der Waals surface area contributed by atoms with E-state index in [1.165, 1.54) is 4.90 Å². The van der Waals surface area contributed by atoms with Crippen LogP contribution < -0.4 is 0 Å². The van der Waals surface area contributed by atoms with E-state index in [0.29, 0.717) is 22.1 Å². The molecular formula is C13H19F3INO3S. The summed E-state index contributed by atoms with van der Waals surface area (Å²) < 4.78 is 50.8. The van der Waals surface area contributed by atoms with Gasteiger partial charge in [0, 0.05) is 46.1 Å². The van der Waals surface area contributed by atoms with Gasteiger partial charge in [0.15, 0.2) is 5.60 Å². The number of piperidine rings is 1. The molecule has 2 aliphatic rings. The monoisotopic (exact) mass is 453 g/mol. The Hall–Kier alpha value is 0.1000. The Morgan fingerprint density at radius 2 is 1.82 bits per heavy atom. The summed E-state index contributed by atoms with van der Waals surface area (Å²) in [5.41, 5.74) is -3.63. The Balaban J connectivity index is 2.18. The lowest BCUT2D eigenvalue weighted by molar-refractivity contribution is -0.262. The van der Waals surface area contributed by atoms with E-state index in [1.807, 2.05) is 0 Å². The van der Waals surface area contributed by atoms with E-state index in [0.717, 1.165) is 0 Å². The third kappa shape index (κ3) is 3.61. The number of ether oxygens (including phenoxy) is 1. The number of amides is 1. The Kier molecular flexibility index (Phi) is 4.92. The molecule has 22 heavy (non-hydrogen) atoms. The van der Waals surface area contributed by atoms with Gasteiger partial charge in [-0.1, -0.05) is 0 Å². The molecule has 1 heterocycles. The largest absolute Gasteiger partial charge is 0.444 e. The van der Waals surface area contributed by atoms with E-state index < -0.39 is 29.0 Å². The molecule has 0 aromatic heterocycles. The summed E-state index contributed by atoms with van der Waals surface area (Å²) >= 11 is 1.70. The van der Waals surface area contributed by atoms with Crippen molar-refractivity contribution < 1.29 is 26.9 Å². The van der Waals surface area contributed by atoms with Crippen LogP contribution in [0.4, 0.5) is 18.0 Å². The molecule has 128 valence electrons. The van der Waals surface area contributed by atoms with E-state index >= 15 is 0 Å². The Morgan fingerprint density at radius 1 is 1.23 bits per heavy atom. The van der Waals surface area contributed by atoms with Gasteiger partial charge >= 0.3 is 12.3 Å². The molecule has 0 aromatic rings. The molecule has 1 unspecified atom stereocenters. The predicted octanol–water partition coefficient (Wildman–Crippen LogP) is 4.87. The molecule has 0 radical (unpaired) electrons. The fraction of sp³-hybridized carbons (Fsp3) is 0.923. The van der Waals surface area contributed by atoms with Crippen LogP contribution in [0.2, 0.25) is 0 Å². The molecule has 0 bridgehead atoms. The summed E-state index contributed by atoms with van der Waals surface area (Å²) in [5.74, 6) is 0. The molecule has 2 rings (SSSR count). The van der Waals surface area contributed by atoms with Crippen molar-refractivity contribution in [1.29, 1.82) is 0 Å². The number of hydrogen-bond acceptors (Lipinski definition) is 4. The highest BCUT2D eigenvalue weighted by Gasteiger charge is 2.67. The number of carbonyl (C=O) groups is 1. The van der Waals surface area contributed by atoms with Gasteiger partial charge in [-0.3, -0.25) is 4.18 Å². The molecule has 1 spiro atoms. The predicted molar refractivity (Wildman–Crippen MR) is 85.6 cm³/mol. The van der Waals surface area contributed by atoms with Crippen molar-refractivity contribution in [3.63, 3.8) is 0 Å². The number of rotatable bonds is 2. The first-order valence-corrected chi connectivity index (χ1v) is 10.3. The van der Waals surface area contributed by atoms with Gasteiger partial charge < -0.3 is 9.64 Å². The molecule has 4 nitrogen and oxygen atoms in total. The van der Waals surface area contributed by atoms with E-state index in [1.54, 1.807) is 42.0 Å². The van der Waals surface area contributed by atoms with E-state index in [4.69, 9.17) is 8.92 Å². The van der Waals surface area contributed by atoms with Crippen LogP contribution in [0.15, 0.2) is 0 Å². The highest BCUT2D eigenvalue weighted by Crippen LogP contribution is 2.57. The summed E-state index contributed by atoms with van der Waals surface area (Å²) in [7, 11) is 0.697. The molecule has 1 aliphatic carbocycles. The summed E-state index contributed by atoms with van der Waals surface area (Å²) in [6.45, 7) is 5.21. The van der Waals surface area contributed by atoms with E-state index in [-0.39, 0.29) is 19.4 Å². The second-order valence-corrected chi connectivity index (χ2v) is 8.29.